The van der Waals surface area contributed by atoms with E-state index in [0.717, 1.165) is 36.6 Å². The van der Waals surface area contributed by atoms with Crippen molar-refractivity contribution in [3.8, 4) is 11.5 Å². The van der Waals surface area contributed by atoms with Crippen molar-refractivity contribution in [1.82, 2.24) is 0 Å². The van der Waals surface area contributed by atoms with Crippen molar-refractivity contribution < 1.29 is 30.0 Å². The Morgan fingerprint density at radius 3 is 2.27 bits per heavy atom. The number of hydrogen-bond acceptors (Lipinski definition) is 4. The Morgan fingerprint density at radius 1 is 1.08 bits per heavy atom. The second-order valence-corrected chi connectivity index (χ2v) is 6.24. The molecule has 0 saturated carbocycles. The number of rotatable bonds is 8. The highest BCUT2D eigenvalue weighted by Crippen LogP contribution is 2.35. The van der Waals surface area contributed by atoms with E-state index in [0.29, 0.717) is 0 Å². The van der Waals surface area contributed by atoms with Crippen LogP contribution in [0.3, 0.4) is 0 Å². The molecule has 0 amide bonds. The van der Waals surface area contributed by atoms with E-state index < -0.39 is 23.3 Å². The monoisotopic (exact) mass is 360 g/mol. The van der Waals surface area contributed by atoms with Crippen LogP contribution in [0.15, 0.2) is 35.4 Å². The Balaban J connectivity index is 3.17. The van der Waals surface area contributed by atoms with Crippen LogP contribution in [0.25, 0.3) is 6.08 Å². The van der Waals surface area contributed by atoms with Crippen molar-refractivity contribution in [3.63, 3.8) is 0 Å². The van der Waals surface area contributed by atoms with Gasteiger partial charge in [0.1, 0.15) is 17.1 Å². The lowest BCUT2D eigenvalue weighted by atomic mass is 9.97. The van der Waals surface area contributed by atoms with Crippen LogP contribution in [0, 0.1) is 0 Å². The molecule has 0 spiro atoms. The maximum absolute atomic E-state index is 11.4. The van der Waals surface area contributed by atoms with Gasteiger partial charge in [-0.05, 0) is 57.7 Å². The van der Waals surface area contributed by atoms with Crippen LogP contribution in [0.1, 0.15) is 55.1 Å². The number of benzene rings is 1. The first kappa shape index (κ1) is 21.0. The number of allylic oxidation sites excluding steroid dienone is 4. The Hall–Kier alpha value is -3.02. The lowest BCUT2D eigenvalue weighted by Crippen LogP contribution is -2.03. The minimum atomic E-state index is -1.40. The Morgan fingerprint density at radius 2 is 1.73 bits per heavy atom. The predicted molar refractivity (Wildman–Crippen MR) is 99.5 cm³/mol. The molecular weight excluding hydrogens is 336 g/mol. The number of hydrogen-bond donors (Lipinski definition) is 4. The van der Waals surface area contributed by atoms with Gasteiger partial charge in [-0.3, -0.25) is 0 Å². The topological polar surface area (TPSA) is 115 Å². The number of carboxylic acid groups (broad SMARTS) is 2. The van der Waals surface area contributed by atoms with E-state index in [2.05, 4.69) is 6.08 Å². The van der Waals surface area contributed by atoms with E-state index in [4.69, 9.17) is 5.11 Å². The van der Waals surface area contributed by atoms with E-state index in [1.807, 2.05) is 26.8 Å². The minimum absolute atomic E-state index is 0.0806. The first-order valence-corrected chi connectivity index (χ1v) is 8.14. The van der Waals surface area contributed by atoms with E-state index in [1.54, 1.807) is 0 Å². The summed E-state index contributed by atoms with van der Waals surface area (Å²) in [7, 11) is 0. The number of aromatic carboxylic acids is 1. The van der Waals surface area contributed by atoms with Crippen LogP contribution in [0.5, 0.6) is 11.5 Å². The van der Waals surface area contributed by atoms with Crippen LogP contribution < -0.4 is 0 Å². The molecule has 0 aromatic heterocycles. The fourth-order valence-corrected chi connectivity index (χ4v) is 2.40. The van der Waals surface area contributed by atoms with Gasteiger partial charge in [0.05, 0.1) is 0 Å². The zero-order valence-electron chi connectivity index (χ0n) is 15.1. The van der Waals surface area contributed by atoms with Crippen LogP contribution in [0.4, 0.5) is 0 Å². The Bertz CT molecular complexity index is 780. The van der Waals surface area contributed by atoms with Gasteiger partial charge in [-0.1, -0.05) is 23.3 Å². The number of carbonyl (C=O) groups is 2. The second-order valence-electron chi connectivity index (χ2n) is 6.24. The molecule has 4 N–H and O–H groups in total. The third kappa shape index (κ3) is 6.12. The molecule has 26 heavy (non-hydrogen) atoms. The molecule has 0 aliphatic carbocycles. The number of phenols is 2. The van der Waals surface area contributed by atoms with E-state index in [1.165, 1.54) is 5.57 Å². The van der Waals surface area contributed by atoms with Crippen LogP contribution in [-0.2, 0) is 11.2 Å². The van der Waals surface area contributed by atoms with Crippen LogP contribution in [-0.4, -0.2) is 32.4 Å². The van der Waals surface area contributed by atoms with Crippen molar-refractivity contribution >= 4 is 18.0 Å². The summed E-state index contributed by atoms with van der Waals surface area (Å²) in [5, 5.41) is 38.4. The van der Waals surface area contributed by atoms with Gasteiger partial charge in [0, 0.05) is 11.6 Å². The van der Waals surface area contributed by atoms with Crippen LogP contribution >= 0.6 is 0 Å². The fourth-order valence-electron chi connectivity index (χ4n) is 2.40. The summed E-state index contributed by atoms with van der Waals surface area (Å²) >= 11 is 0. The van der Waals surface area contributed by atoms with Gasteiger partial charge < -0.3 is 20.4 Å². The Labute approximate surface area is 152 Å². The van der Waals surface area contributed by atoms with Crippen molar-refractivity contribution in [2.75, 3.05) is 0 Å². The third-order valence-corrected chi connectivity index (χ3v) is 3.78. The second kappa shape index (κ2) is 9.46. The molecule has 6 heteroatoms. The molecule has 6 nitrogen and oxygen atoms in total. The smallest absolute Gasteiger partial charge is 0.340 e. The number of phenolic OH excluding ortho intramolecular Hbond substituents is 1. The number of aromatic hydroxyl groups is 2. The number of aliphatic carboxylic acids is 1. The maximum Gasteiger partial charge on any atom is 0.340 e. The molecule has 0 radical (unpaired) electrons. The van der Waals surface area contributed by atoms with Crippen LogP contribution in [0.2, 0.25) is 0 Å². The predicted octanol–water partition coefficient (Wildman–Crippen LogP) is 4.13. The lowest BCUT2D eigenvalue weighted by Gasteiger charge is -2.12. The number of carboxylic acids is 2. The molecule has 0 aliphatic rings. The van der Waals surface area contributed by atoms with Gasteiger partial charge in [-0.25, -0.2) is 9.59 Å². The van der Waals surface area contributed by atoms with Crippen molar-refractivity contribution in [2.45, 2.75) is 40.0 Å². The molecule has 0 saturated heterocycles. The standard InChI is InChI=1S/C20H24O6/c1-12(2)5-4-6-13(3)7-9-15-16(21)11-14(8-10-17(22)23)18(19(15)24)20(25)26/h5,7-8,10-11,21,24H,4,6,9H2,1-3H3,(H,22,23)(H,25,26)/b10-8-,13-7+. The molecule has 1 aromatic rings. The molecule has 0 aliphatic heterocycles. The average molecular weight is 360 g/mol. The average Bonchev–Trinajstić information content (AvgIpc) is 2.51. The van der Waals surface area contributed by atoms with Gasteiger partial charge in [0.25, 0.3) is 0 Å². The highest BCUT2D eigenvalue weighted by Gasteiger charge is 2.20. The molecule has 0 fully saturated rings. The molecule has 1 rings (SSSR count). The van der Waals surface area contributed by atoms with Crippen molar-refractivity contribution in [1.29, 1.82) is 0 Å². The summed E-state index contributed by atoms with van der Waals surface area (Å²) < 4.78 is 0. The van der Waals surface area contributed by atoms with E-state index >= 15 is 0 Å². The van der Waals surface area contributed by atoms with Gasteiger partial charge in [0.2, 0.25) is 0 Å². The minimum Gasteiger partial charge on any atom is -0.507 e. The summed E-state index contributed by atoms with van der Waals surface area (Å²) in [6, 6.07) is 1.14. The first-order valence-electron chi connectivity index (χ1n) is 8.14. The quantitative estimate of drug-likeness (QED) is 0.409. The third-order valence-electron chi connectivity index (χ3n) is 3.78. The SMILES string of the molecule is CC(C)=CCC/C(C)=C/Cc1c(O)cc(/C=C\C(=O)O)c(C(=O)O)c1O. The molecule has 0 heterocycles. The van der Waals surface area contributed by atoms with Gasteiger partial charge >= 0.3 is 11.9 Å². The summed E-state index contributed by atoms with van der Waals surface area (Å²) in [4.78, 5) is 22.1. The van der Waals surface area contributed by atoms with Gasteiger partial charge in [0.15, 0.2) is 0 Å². The van der Waals surface area contributed by atoms with Gasteiger partial charge in [-0.15, -0.1) is 0 Å². The fraction of sp³-hybridized carbons (Fsp3) is 0.300. The summed E-state index contributed by atoms with van der Waals surface area (Å²) in [5.41, 5.74) is 1.85. The normalized spacial score (nSPS) is 11.6. The maximum atomic E-state index is 11.4. The zero-order valence-corrected chi connectivity index (χ0v) is 15.1. The Kier molecular flexibility index (Phi) is 7.65. The zero-order chi connectivity index (χ0) is 19.9. The molecule has 1 aromatic carbocycles. The van der Waals surface area contributed by atoms with Gasteiger partial charge in [-0.2, -0.15) is 0 Å². The summed E-state index contributed by atoms with van der Waals surface area (Å²) in [6.07, 6.45) is 7.56. The lowest BCUT2D eigenvalue weighted by molar-refractivity contribution is -0.131. The highest BCUT2D eigenvalue weighted by atomic mass is 16.4. The van der Waals surface area contributed by atoms with E-state index in [9.17, 15) is 24.9 Å². The summed E-state index contributed by atoms with van der Waals surface area (Å²) in [5.74, 6) is -3.51. The first-order chi connectivity index (χ1) is 12.1. The molecule has 0 atom stereocenters. The molecule has 0 unspecified atom stereocenters. The highest BCUT2D eigenvalue weighted by molar-refractivity contribution is 5.98. The summed E-state index contributed by atoms with van der Waals surface area (Å²) in [6.45, 7) is 5.96. The van der Waals surface area contributed by atoms with Crippen molar-refractivity contribution in [3.05, 3.63) is 52.1 Å². The molecular formula is C20H24O6. The van der Waals surface area contributed by atoms with Crippen molar-refractivity contribution in [2.24, 2.45) is 0 Å². The largest absolute Gasteiger partial charge is 0.507 e. The van der Waals surface area contributed by atoms with E-state index in [-0.39, 0.29) is 23.3 Å². The molecule has 0 bridgehead atoms. The molecule has 140 valence electrons.